The fourth-order valence-electron chi connectivity index (χ4n) is 14.4. The number of Topliss-reactive ketones (excluding diaryl/α,β-unsaturated/α-hetero) is 1. The van der Waals surface area contributed by atoms with E-state index >= 15 is 9.59 Å². The van der Waals surface area contributed by atoms with Crippen molar-refractivity contribution in [2.75, 3.05) is 43.0 Å². The highest BCUT2D eigenvalue weighted by Gasteiger charge is 2.78. The lowest BCUT2D eigenvalue weighted by Crippen LogP contribution is -2.82. The van der Waals surface area contributed by atoms with Crippen LogP contribution in [0.25, 0.3) is 0 Å². The van der Waals surface area contributed by atoms with Crippen molar-refractivity contribution in [3.63, 3.8) is 0 Å². The molecule has 3 aromatic rings. The van der Waals surface area contributed by atoms with Gasteiger partial charge in [-0.05, 0) is 67.7 Å². The molecule has 0 spiro atoms. The molecule has 1 heterocycles. The second-order valence-electron chi connectivity index (χ2n) is 29.4. The number of hydrogen-bond acceptors (Lipinski definition) is 29. The Kier molecular flexibility index (Phi) is 32.3. The van der Waals surface area contributed by atoms with Gasteiger partial charge in [0.2, 0.25) is 59.3 Å². The number of imide groups is 1. The molecule has 0 aromatic heterocycles. The largest absolute Gasteiger partial charge is 0.455 e. The van der Waals surface area contributed by atoms with Crippen molar-refractivity contribution in [1.82, 2.24) is 47.9 Å². The topological polar surface area (TPSA) is 544 Å². The van der Waals surface area contributed by atoms with Gasteiger partial charge in [-0.15, -0.1) is 23.5 Å². The number of thioether (sulfide) groups is 2. The van der Waals surface area contributed by atoms with E-state index in [1.165, 1.54) is 116 Å². The van der Waals surface area contributed by atoms with Crippen molar-refractivity contribution in [2.24, 2.45) is 28.4 Å². The molecule has 3 aliphatic carbocycles. The van der Waals surface area contributed by atoms with Crippen LogP contribution in [0.15, 0.2) is 102 Å². The van der Waals surface area contributed by atoms with Crippen molar-refractivity contribution in [1.29, 1.82) is 0 Å². The van der Waals surface area contributed by atoms with Gasteiger partial charge in [-0.25, -0.2) is 9.59 Å². The van der Waals surface area contributed by atoms with Crippen molar-refractivity contribution in [3.05, 3.63) is 119 Å². The predicted octanol–water partition coefficient (Wildman–Crippen LogP) is -1.23. The highest BCUT2D eigenvalue weighted by molar-refractivity contribution is 7.99. The van der Waals surface area contributed by atoms with Gasteiger partial charge in [0, 0.05) is 69.4 Å². The van der Waals surface area contributed by atoms with E-state index in [1.807, 2.05) is 5.32 Å². The van der Waals surface area contributed by atoms with Crippen LogP contribution < -0.4 is 53.6 Å². The number of ketones is 1. The van der Waals surface area contributed by atoms with E-state index in [0.29, 0.717) is 0 Å². The molecule has 2 unspecified atom stereocenters. The summed E-state index contributed by atoms with van der Waals surface area (Å²) in [4.78, 5) is 220. The van der Waals surface area contributed by atoms with Gasteiger partial charge in [0.05, 0.1) is 73.1 Å². The predicted molar refractivity (Wildman–Crippen MR) is 409 cm³/mol. The summed E-state index contributed by atoms with van der Waals surface area (Å²) in [6.07, 6.45) is -15.6. The molecule has 4 aliphatic rings. The third-order valence-electron chi connectivity index (χ3n) is 20.5. The van der Waals surface area contributed by atoms with Gasteiger partial charge >= 0.3 is 29.8 Å². The maximum absolute atomic E-state index is 16.0. The lowest BCUT2D eigenvalue weighted by molar-refractivity contribution is -0.346. The summed E-state index contributed by atoms with van der Waals surface area (Å²) >= 11 is 2.01. The first-order chi connectivity index (χ1) is 54.1. The highest BCUT2D eigenvalue weighted by Crippen LogP contribution is 2.64. The number of hydrogen-bond donors (Lipinski definition) is 14. The zero-order valence-electron chi connectivity index (χ0n) is 65.3. The third-order valence-corrected chi connectivity index (χ3v) is 22.4. The number of aliphatic hydroxyl groups is 4. The first-order valence-corrected chi connectivity index (χ1v) is 39.2. The van der Waals surface area contributed by atoms with Gasteiger partial charge in [-0.1, -0.05) is 94.4 Å². The van der Waals surface area contributed by atoms with Gasteiger partial charge in [0.1, 0.15) is 54.1 Å². The molecule has 17 atom stereocenters. The first kappa shape index (κ1) is 92.0. The number of esters is 5. The molecule has 2 saturated carbocycles. The lowest BCUT2D eigenvalue weighted by atomic mass is 9.44. The van der Waals surface area contributed by atoms with Crippen molar-refractivity contribution in [3.8, 4) is 0 Å². The number of carbonyl (C=O) groups excluding carboxylic acids is 16. The lowest BCUT2D eigenvalue weighted by Gasteiger charge is -2.67. The number of rotatable bonds is 36. The smallest absolute Gasteiger partial charge is 0.350 e. The third kappa shape index (κ3) is 22.5. The number of aliphatic hydroxyl groups excluding tert-OH is 3. The van der Waals surface area contributed by atoms with Gasteiger partial charge in [0.25, 0.3) is 5.91 Å². The van der Waals surface area contributed by atoms with Crippen LogP contribution >= 0.6 is 23.5 Å². The van der Waals surface area contributed by atoms with Crippen LogP contribution in [0.1, 0.15) is 134 Å². The minimum atomic E-state index is -2.64. The van der Waals surface area contributed by atoms with Crippen LogP contribution in [-0.4, -0.2) is 242 Å². The summed E-state index contributed by atoms with van der Waals surface area (Å²) in [5.41, 5.74) is -2.84. The second kappa shape index (κ2) is 40.4. The van der Waals surface area contributed by atoms with Gasteiger partial charge in [-0.3, -0.25) is 72.4 Å². The SMILES string of the molecule is CC(=O)NCSC[C@H](NC(=O)[C@@H](NC(=O)[C@@H](NC(=O)[C@H](CO)NC(=O)[C@@H](N)CSCNC(C)=O)C(C)C)[C@@H](C)O)C(=O)NCC(=O)NC(=O)CCC(=O)O[C@@H](C(=O)O[C@H]1C[C@@]2(O)C(OC(=O)c3ccccc3)C3[C@](C)(C(=O)[C@H](OC(C)=O)C(=C1C)C2(C)C)[C@@H](O)C[C@H]1OC[C@@]31OC(C)=O)[C@@H](NC(=O)c1ccccc1)c1ccccc1. The Morgan fingerprint density at radius 1 is 0.652 bits per heavy atom. The van der Waals surface area contributed by atoms with Crippen LogP contribution in [0.5, 0.6) is 0 Å². The van der Waals surface area contributed by atoms with E-state index in [1.54, 1.807) is 30.3 Å². The van der Waals surface area contributed by atoms with Crippen molar-refractivity contribution >= 4 is 118 Å². The van der Waals surface area contributed by atoms with E-state index in [0.717, 1.165) is 44.3 Å². The quantitative estimate of drug-likeness (QED) is 0.0107. The molecule has 1 aliphatic heterocycles. The van der Waals surface area contributed by atoms with Crippen molar-refractivity contribution < 1.29 is 126 Å². The number of ether oxygens (including phenoxy) is 6. The number of benzene rings is 3. The van der Waals surface area contributed by atoms with Crippen LogP contribution in [-0.2, 0) is 95.5 Å². The first-order valence-electron chi connectivity index (χ1n) is 36.9. The molecule has 10 amide bonds. The number of carbonyl (C=O) groups is 16. The maximum atomic E-state index is 16.0. The zero-order chi connectivity index (χ0) is 85.2. The number of amides is 10. The summed E-state index contributed by atoms with van der Waals surface area (Å²) < 4.78 is 36.9. The normalized spacial score (nSPS) is 23.8. The Balaban J connectivity index is 1.12. The van der Waals surface area contributed by atoms with E-state index in [2.05, 4.69) is 42.5 Å². The molecule has 38 heteroatoms. The van der Waals surface area contributed by atoms with E-state index in [9.17, 15) is 87.5 Å². The number of fused-ring (bicyclic) bond motifs is 5. The van der Waals surface area contributed by atoms with Crippen LogP contribution in [0.3, 0.4) is 0 Å². The molecule has 115 heavy (non-hydrogen) atoms. The maximum Gasteiger partial charge on any atom is 0.350 e. The molecule has 3 aromatic carbocycles. The zero-order valence-corrected chi connectivity index (χ0v) is 66.9. The van der Waals surface area contributed by atoms with Crippen molar-refractivity contribution in [2.45, 2.75) is 192 Å². The molecule has 626 valence electrons. The summed E-state index contributed by atoms with van der Waals surface area (Å²) in [5.74, 6) is -18.7. The summed E-state index contributed by atoms with van der Waals surface area (Å²) in [6, 6.07) is 13.2. The molecule has 2 bridgehead atoms. The number of nitrogens with two attached hydrogens (primary N) is 1. The molecule has 1 saturated heterocycles. The Labute approximate surface area is 670 Å². The fourth-order valence-corrected chi connectivity index (χ4v) is 16.1. The molecule has 0 radical (unpaired) electrons. The Morgan fingerprint density at radius 3 is 1.77 bits per heavy atom. The molecule has 15 N–H and O–H groups in total. The molecule has 3 fully saturated rings. The van der Waals surface area contributed by atoms with Crippen LogP contribution in [0.4, 0.5) is 0 Å². The second-order valence-corrected chi connectivity index (χ2v) is 31.4. The Bertz CT molecular complexity index is 4160. The Morgan fingerprint density at radius 2 is 1.22 bits per heavy atom. The minimum absolute atomic E-state index is 0.00603. The highest BCUT2D eigenvalue weighted by atomic mass is 32.2. The Hall–Kier alpha value is -10.2. The van der Waals surface area contributed by atoms with Gasteiger partial charge in [-0.2, -0.15) is 0 Å². The molecular formula is C77H100N10O26S2. The average Bonchev–Trinajstić information content (AvgIpc) is 0.668. The van der Waals surface area contributed by atoms with E-state index in [4.69, 9.17) is 34.2 Å². The number of nitrogens with one attached hydrogen (secondary N) is 9. The fraction of sp³-hybridized carbons (Fsp3) is 0.532. The van der Waals surface area contributed by atoms with Gasteiger partial charge in [0.15, 0.2) is 17.5 Å². The van der Waals surface area contributed by atoms with E-state index in [-0.39, 0.29) is 63.4 Å². The summed E-state index contributed by atoms with van der Waals surface area (Å²) in [6.45, 7) is 12.0. The van der Waals surface area contributed by atoms with Gasteiger partial charge < -0.3 is 97.1 Å². The summed E-state index contributed by atoms with van der Waals surface area (Å²) in [7, 11) is 0. The van der Waals surface area contributed by atoms with Crippen LogP contribution in [0, 0.1) is 22.7 Å². The molecular weight excluding hydrogens is 1550 g/mol. The van der Waals surface area contributed by atoms with E-state index < -0.39 is 241 Å². The summed E-state index contributed by atoms with van der Waals surface area (Å²) in [5, 5.41) is 68.8. The minimum Gasteiger partial charge on any atom is -0.455 e. The standard InChI is InChI=1S/C77H100N10O26S2/c1-38(2)58(85-69(102)49(32-88)82-67(100)48(78)33-114-36-80-41(5)90)70(103)86-59(40(4)89)71(104)83-50(34-115-37-81-42(6)91)68(101)79-31-55(96)84-54(95)27-28-56(97)111-62(60(45-21-15-12-16-22-45)87-66(99)46-23-17-13-18-24-46)73(106)110-51-30-77(107)65(112-72(105)47-25-19-14-20-26-47)63-75(11,52(94)29-53-76(63,35-108-53)113-44(8)93)64(98)61(109-43(7)92)57(39(51)3)74(77,9)10/h12-26,38,40,48-53,58-63,65,88-89,94,107H,27-37,78H2,1-11H3,(H,79,101)(H,80,90)(H,81,91)(H,82,100)(H,83,104)(H,85,102)(H,86,103)(H,87,99)(H,84,95,96)/t40-,48+,49+,50+,51+,52+,53-,58+,59+,60+,61-,62-,63?,65?,75-,76+,77-/m1/s1. The average molecular weight is 1650 g/mol. The monoisotopic (exact) mass is 1640 g/mol. The molecule has 36 nitrogen and oxygen atoms in total. The molecule has 7 rings (SSSR count). The van der Waals surface area contributed by atoms with Crippen LogP contribution in [0.2, 0.25) is 0 Å².